The summed E-state index contributed by atoms with van der Waals surface area (Å²) in [5.41, 5.74) is 2.20. The average molecular weight is 548 g/mol. The third-order valence-electron chi connectivity index (χ3n) is 7.08. The summed E-state index contributed by atoms with van der Waals surface area (Å²) in [4.78, 5) is 14.5. The number of aliphatic hydroxyl groups excluding tert-OH is 1. The van der Waals surface area contributed by atoms with Crippen molar-refractivity contribution in [3.63, 3.8) is 0 Å². The van der Waals surface area contributed by atoms with Gasteiger partial charge in [-0.3, -0.25) is 9.35 Å². The van der Waals surface area contributed by atoms with Crippen molar-refractivity contribution in [3.05, 3.63) is 114 Å². The van der Waals surface area contributed by atoms with Crippen molar-refractivity contribution in [1.29, 1.82) is 0 Å². The summed E-state index contributed by atoms with van der Waals surface area (Å²) in [6, 6.07) is 24.5. The zero-order chi connectivity index (χ0) is 27.7. The van der Waals surface area contributed by atoms with Gasteiger partial charge in [-0.15, -0.1) is 0 Å². The molecule has 7 nitrogen and oxygen atoms in total. The maximum atomic E-state index is 13.6. The summed E-state index contributed by atoms with van der Waals surface area (Å²) in [7, 11) is -4.51. The molecule has 0 saturated carbocycles. The van der Waals surface area contributed by atoms with Crippen molar-refractivity contribution in [2.45, 2.75) is 29.9 Å². The Kier molecular flexibility index (Phi) is 7.22. The lowest BCUT2D eigenvalue weighted by Crippen LogP contribution is -2.55. The molecule has 1 aliphatic heterocycles. The standard InChI is InChI=1S/C30H26FNO6S/c31-21-11-13-22(14-12-21)32-29(25(30(32)35)16-17-26(33)19-6-2-1-3-7-19)24-15-10-20(18-27(24)34)23-8-4-5-9-28(23)39(36,37)38/h1-15,18,25-26,29,33-34H,16-17H2,(H,36,37,38). The summed E-state index contributed by atoms with van der Waals surface area (Å²) in [5.74, 6) is -1.39. The van der Waals surface area contributed by atoms with Crippen LogP contribution in [-0.4, -0.2) is 29.1 Å². The van der Waals surface area contributed by atoms with Crippen LogP contribution in [0.5, 0.6) is 5.75 Å². The summed E-state index contributed by atoms with van der Waals surface area (Å²) >= 11 is 0. The molecule has 1 fully saturated rings. The highest BCUT2D eigenvalue weighted by Crippen LogP contribution is 2.49. The van der Waals surface area contributed by atoms with E-state index in [1.807, 2.05) is 30.3 Å². The van der Waals surface area contributed by atoms with Crippen LogP contribution in [0.1, 0.15) is 36.1 Å². The number of phenols is 1. The van der Waals surface area contributed by atoms with E-state index in [-0.39, 0.29) is 22.1 Å². The van der Waals surface area contributed by atoms with E-state index in [9.17, 15) is 32.4 Å². The minimum Gasteiger partial charge on any atom is -0.508 e. The molecular weight excluding hydrogens is 521 g/mol. The Hall–Kier alpha value is -4.05. The first kappa shape index (κ1) is 26.6. The van der Waals surface area contributed by atoms with Crippen LogP contribution in [-0.2, 0) is 14.9 Å². The number of halogens is 1. The number of amides is 1. The molecule has 200 valence electrons. The van der Waals surface area contributed by atoms with Gasteiger partial charge in [0.15, 0.2) is 0 Å². The van der Waals surface area contributed by atoms with E-state index in [2.05, 4.69) is 0 Å². The van der Waals surface area contributed by atoms with Crippen molar-refractivity contribution in [1.82, 2.24) is 0 Å². The van der Waals surface area contributed by atoms with Gasteiger partial charge in [0.1, 0.15) is 16.5 Å². The molecule has 0 radical (unpaired) electrons. The quantitative estimate of drug-likeness (QED) is 0.194. The molecule has 0 aliphatic carbocycles. The number of phenolic OH excluding ortho intramolecular Hbond substituents is 1. The van der Waals surface area contributed by atoms with Gasteiger partial charge >= 0.3 is 0 Å². The average Bonchev–Trinajstić information content (AvgIpc) is 2.93. The van der Waals surface area contributed by atoms with Gasteiger partial charge < -0.3 is 15.1 Å². The van der Waals surface area contributed by atoms with Crippen LogP contribution in [0.25, 0.3) is 11.1 Å². The Morgan fingerprint density at radius 2 is 1.56 bits per heavy atom. The molecule has 4 aromatic carbocycles. The lowest BCUT2D eigenvalue weighted by Gasteiger charge is -2.48. The number of aromatic hydroxyl groups is 1. The number of anilines is 1. The molecule has 0 spiro atoms. The van der Waals surface area contributed by atoms with E-state index in [1.165, 1.54) is 53.4 Å². The van der Waals surface area contributed by atoms with Crippen molar-refractivity contribution in [2.75, 3.05) is 4.90 Å². The number of hydrogen-bond donors (Lipinski definition) is 3. The highest BCUT2D eigenvalue weighted by Gasteiger charge is 2.49. The number of benzene rings is 4. The number of aliphatic hydroxyl groups is 1. The smallest absolute Gasteiger partial charge is 0.295 e. The molecule has 1 saturated heterocycles. The minimum atomic E-state index is -4.51. The molecule has 3 unspecified atom stereocenters. The topological polar surface area (TPSA) is 115 Å². The maximum absolute atomic E-state index is 13.6. The van der Waals surface area contributed by atoms with E-state index < -0.39 is 34.0 Å². The molecule has 1 amide bonds. The molecule has 5 rings (SSSR count). The Labute approximate surface area is 225 Å². The fourth-order valence-electron chi connectivity index (χ4n) is 5.15. The molecule has 4 aromatic rings. The Morgan fingerprint density at radius 3 is 2.23 bits per heavy atom. The van der Waals surface area contributed by atoms with E-state index in [4.69, 9.17) is 0 Å². The first-order valence-corrected chi connectivity index (χ1v) is 13.8. The van der Waals surface area contributed by atoms with Crippen LogP contribution in [0, 0.1) is 11.7 Å². The van der Waals surface area contributed by atoms with Crippen LogP contribution < -0.4 is 4.90 Å². The second kappa shape index (κ2) is 10.6. The number of nitrogens with zero attached hydrogens (tertiary/aromatic N) is 1. The Bertz CT molecular complexity index is 1610. The van der Waals surface area contributed by atoms with Crippen LogP contribution >= 0.6 is 0 Å². The molecule has 0 aromatic heterocycles. The van der Waals surface area contributed by atoms with Crippen molar-refractivity contribution in [2.24, 2.45) is 5.92 Å². The van der Waals surface area contributed by atoms with Gasteiger partial charge in [0.25, 0.3) is 10.1 Å². The monoisotopic (exact) mass is 547 g/mol. The number of β-lactam (4-membered cyclic amide) rings is 1. The zero-order valence-corrected chi connectivity index (χ0v) is 21.5. The highest BCUT2D eigenvalue weighted by atomic mass is 32.2. The predicted molar refractivity (Wildman–Crippen MR) is 144 cm³/mol. The molecule has 1 heterocycles. The fraction of sp³-hybridized carbons (Fsp3) is 0.167. The number of carbonyl (C=O) groups is 1. The number of carbonyl (C=O) groups excluding carboxylic acids is 1. The molecule has 1 aliphatic rings. The van der Waals surface area contributed by atoms with Crippen LogP contribution in [0.15, 0.2) is 102 Å². The summed E-state index contributed by atoms with van der Waals surface area (Å²) < 4.78 is 47.0. The van der Waals surface area contributed by atoms with Gasteiger partial charge in [-0.1, -0.05) is 60.7 Å². The largest absolute Gasteiger partial charge is 0.508 e. The lowest BCUT2D eigenvalue weighted by molar-refractivity contribution is -0.131. The molecule has 0 bridgehead atoms. The van der Waals surface area contributed by atoms with Gasteiger partial charge in [-0.2, -0.15) is 8.42 Å². The number of rotatable bonds is 8. The second-order valence-electron chi connectivity index (χ2n) is 9.48. The van der Waals surface area contributed by atoms with Crippen LogP contribution in [0.3, 0.4) is 0 Å². The Morgan fingerprint density at radius 1 is 0.897 bits per heavy atom. The summed E-state index contributed by atoms with van der Waals surface area (Å²) in [6.45, 7) is 0. The molecule has 3 atom stereocenters. The van der Waals surface area contributed by atoms with Crippen molar-refractivity contribution >= 4 is 21.7 Å². The summed E-state index contributed by atoms with van der Waals surface area (Å²) in [5, 5.41) is 21.8. The zero-order valence-electron chi connectivity index (χ0n) is 20.7. The first-order chi connectivity index (χ1) is 18.6. The van der Waals surface area contributed by atoms with Crippen molar-refractivity contribution < 1.29 is 32.4 Å². The van der Waals surface area contributed by atoms with Crippen molar-refractivity contribution in [3.8, 4) is 16.9 Å². The van der Waals surface area contributed by atoms with Crippen LogP contribution in [0.4, 0.5) is 10.1 Å². The third kappa shape index (κ3) is 5.29. The van der Waals surface area contributed by atoms with Gasteiger partial charge in [0.2, 0.25) is 5.91 Å². The predicted octanol–water partition coefficient (Wildman–Crippen LogP) is 5.66. The van der Waals surface area contributed by atoms with Gasteiger partial charge in [-0.25, -0.2) is 4.39 Å². The molecular formula is C30H26FNO6S. The summed E-state index contributed by atoms with van der Waals surface area (Å²) in [6.07, 6.45) is -0.119. The maximum Gasteiger partial charge on any atom is 0.295 e. The minimum absolute atomic E-state index is 0.170. The van der Waals surface area contributed by atoms with Gasteiger partial charge in [0.05, 0.1) is 18.1 Å². The van der Waals surface area contributed by atoms with E-state index >= 15 is 0 Å². The third-order valence-corrected chi connectivity index (χ3v) is 7.99. The SMILES string of the molecule is O=C1C(CCC(O)c2ccccc2)C(c2ccc(-c3ccccc3S(=O)(=O)O)cc2O)N1c1ccc(F)cc1. The normalized spacial score (nSPS) is 18.0. The lowest BCUT2D eigenvalue weighted by atomic mass is 9.77. The number of hydrogen-bond acceptors (Lipinski definition) is 5. The fourth-order valence-corrected chi connectivity index (χ4v) is 5.86. The highest BCUT2D eigenvalue weighted by molar-refractivity contribution is 7.86. The van der Waals surface area contributed by atoms with Gasteiger partial charge in [0, 0.05) is 16.8 Å². The van der Waals surface area contributed by atoms with E-state index in [0.29, 0.717) is 29.7 Å². The van der Waals surface area contributed by atoms with E-state index in [0.717, 1.165) is 5.56 Å². The van der Waals surface area contributed by atoms with Crippen LogP contribution in [0.2, 0.25) is 0 Å². The van der Waals surface area contributed by atoms with Gasteiger partial charge in [-0.05, 0) is 60.4 Å². The molecule has 39 heavy (non-hydrogen) atoms. The van der Waals surface area contributed by atoms with E-state index in [1.54, 1.807) is 18.2 Å². The second-order valence-corrected chi connectivity index (χ2v) is 10.9. The first-order valence-electron chi connectivity index (χ1n) is 12.4. The molecule has 9 heteroatoms. The molecule has 3 N–H and O–H groups in total. The Balaban J connectivity index is 1.49.